The van der Waals surface area contributed by atoms with E-state index in [0.29, 0.717) is 5.56 Å². The van der Waals surface area contributed by atoms with Crippen LogP contribution in [0.5, 0.6) is 0 Å². The highest BCUT2D eigenvalue weighted by Crippen LogP contribution is 2.28. The van der Waals surface area contributed by atoms with Gasteiger partial charge in [0.25, 0.3) is 0 Å². The van der Waals surface area contributed by atoms with E-state index < -0.39 is 0 Å². The van der Waals surface area contributed by atoms with Crippen molar-refractivity contribution in [1.82, 2.24) is 4.98 Å². The van der Waals surface area contributed by atoms with E-state index in [0.717, 1.165) is 5.82 Å². The number of rotatable bonds is 4. The first-order valence-corrected chi connectivity index (χ1v) is 6.55. The largest absolute Gasteiger partial charge is 0.384 e. The summed E-state index contributed by atoms with van der Waals surface area (Å²) in [7, 11) is 1.97. The zero-order valence-electron chi connectivity index (χ0n) is 10.4. The molecule has 2 heterocycles. The van der Waals surface area contributed by atoms with E-state index in [9.17, 15) is 0 Å². The Balaban J connectivity index is 2.34. The van der Waals surface area contributed by atoms with Gasteiger partial charge < -0.3 is 10.6 Å². The Kier molecular flexibility index (Phi) is 3.62. The summed E-state index contributed by atoms with van der Waals surface area (Å²) in [5, 5.41) is 9.66. The molecule has 0 spiro atoms. The summed E-state index contributed by atoms with van der Waals surface area (Å²) in [5.41, 5.74) is 6.26. The van der Waals surface area contributed by atoms with Crippen molar-refractivity contribution < 1.29 is 0 Å². The number of nitrogens with zero attached hydrogens (tertiary/aromatic N) is 2. The number of nitrogen functional groups attached to an aromatic ring is 1. The molecule has 0 aliphatic heterocycles. The van der Waals surface area contributed by atoms with Crippen LogP contribution in [0.1, 0.15) is 23.4 Å². The van der Waals surface area contributed by atoms with Crippen LogP contribution in [0.2, 0.25) is 0 Å². The second-order valence-corrected chi connectivity index (χ2v) is 5.07. The molecule has 0 saturated heterocycles. The van der Waals surface area contributed by atoms with E-state index in [4.69, 9.17) is 11.1 Å². The predicted molar refractivity (Wildman–Crippen MR) is 76.4 cm³/mol. The summed E-state index contributed by atoms with van der Waals surface area (Å²) in [6.07, 6.45) is 1.72. The highest BCUT2D eigenvalue weighted by molar-refractivity contribution is 7.10. The minimum atomic E-state index is 0.0447. The highest BCUT2D eigenvalue weighted by atomic mass is 32.1. The summed E-state index contributed by atoms with van der Waals surface area (Å²) in [4.78, 5) is 7.65. The second kappa shape index (κ2) is 5.18. The van der Waals surface area contributed by atoms with Crippen molar-refractivity contribution >= 4 is 23.0 Å². The molecular weight excluding hydrogens is 244 g/mol. The van der Waals surface area contributed by atoms with Gasteiger partial charge in [-0.25, -0.2) is 4.98 Å². The Bertz CT molecular complexity index is 536. The molecule has 18 heavy (non-hydrogen) atoms. The van der Waals surface area contributed by atoms with Crippen LogP contribution in [0.4, 0.5) is 5.82 Å². The van der Waals surface area contributed by atoms with Crippen LogP contribution >= 0.6 is 11.3 Å². The Labute approximate surface area is 111 Å². The van der Waals surface area contributed by atoms with Gasteiger partial charge in [0.15, 0.2) is 0 Å². The van der Waals surface area contributed by atoms with Gasteiger partial charge in [0, 0.05) is 18.1 Å². The number of aromatic nitrogens is 1. The van der Waals surface area contributed by atoms with E-state index in [1.54, 1.807) is 23.6 Å². The van der Waals surface area contributed by atoms with Crippen molar-refractivity contribution in [3.05, 3.63) is 46.3 Å². The van der Waals surface area contributed by atoms with Gasteiger partial charge >= 0.3 is 0 Å². The minimum absolute atomic E-state index is 0.0447. The molecule has 0 aliphatic carbocycles. The summed E-state index contributed by atoms with van der Waals surface area (Å²) in [5.74, 6) is 0.786. The maximum absolute atomic E-state index is 7.60. The number of hydrogen-bond donors (Lipinski definition) is 2. The van der Waals surface area contributed by atoms with Gasteiger partial charge in [-0.3, -0.25) is 5.41 Å². The third-order valence-electron chi connectivity index (χ3n) is 2.95. The van der Waals surface area contributed by atoms with Crippen LogP contribution in [0.15, 0.2) is 35.8 Å². The fourth-order valence-electron chi connectivity index (χ4n) is 1.79. The van der Waals surface area contributed by atoms with Crippen LogP contribution in [-0.4, -0.2) is 17.9 Å². The van der Waals surface area contributed by atoms with E-state index >= 15 is 0 Å². The number of nitrogens with two attached hydrogens (primary N) is 1. The van der Waals surface area contributed by atoms with E-state index in [2.05, 4.69) is 23.4 Å². The second-order valence-electron chi connectivity index (χ2n) is 4.09. The standard InChI is InChI=1S/C13H16N4S/c1-9(11-6-4-8-18-11)17(2)13-10(12(14)15)5-3-7-16-13/h3-9H,1-2H3,(H3,14,15). The topological polar surface area (TPSA) is 66.0 Å². The average Bonchev–Trinajstić information content (AvgIpc) is 2.90. The molecule has 1 atom stereocenters. The first-order chi connectivity index (χ1) is 8.61. The average molecular weight is 260 g/mol. The van der Waals surface area contributed by atoms with Crippen LogP contribution < -0.4 is 10.6 Å². The SMILES string of the molecule is CC(c1cccs1)N(C)c1ncccc1C(=N)N. The lowest BCUT2D eigenvalue weighted by Crippen LogP contribution is -2.25. The Morgan fingerprint density at radius 1 is 1.44 bits per heavy atom. The molecule has 0 radical (unpaired) electrons. The van der Waals surface area contributed by atoms with Gasteiger partial charge in [-0.2, -0.15) is 0 Å². The number of nitrogens with one attached hydrogen (secondary N) is 1. The highest BCUT2D eigenvalue weighted by Gasteiger charge is 2.17. The van der Waals surface area contributed by atoms with Gasteiger partial charge in [-0.15, -0.1) is 11.3 Å². The molecule has 94 valence electrons. The third kappa shape index (κ3) is 2.36. The van der Waals surface area contributed by atoms with Gasteiger partial charge in [0.2, 0.25) is 0 Å². The van der Waals surface area contributed by atoms with Crippen molar-refractivity contribution in [2.75, 3.05) is 11.9 Å². The molecule has 1 unspecified atom stereocenters. The van der Waals surface area contributed by atoms with Gasteiger partial charge in [0.05, 0.1) is 11.6 Å². The van der Waals surface area contributed by atoms with Crippen molar-refractivity contribution in [1.29, 1.82) is 5.41 Å². The number of thiophene rings is 1. The Hall–Kier alpha value is -1.88. The minimum Gasteiger partial charge on any atom is -0.384 e. The Morgan fingerprint density at radius 2 is 2.22 bits per heavy atom. The lowest BCUT2D eigenvalue weighted by molar-refractivity contribution is 0.741. The molecule has 0 bridgehead atoms. The van der Waals surface area contributed by atoms with Gasteiger partial charge in [-0.1, -0.05) is 6.07 Å². The lowest BCUT2D eigenvalue weighted by atomic mass is 10.2. The van der Waals surface area contributed by atoms with Crippen molar-refractivity contribution in [3.63, 3.8) is 0 Å². The number of hydrogen-bond acceptors (Lipinski definition) is 4. The molecule has 0 fully saturated rings. The smallest absolute Gasteiger partial charge is 0.139 e. The molecule has 2 rings (SSSR count). The summed E-state index contributed by atoms with van der Waals surface area (Å²) < 4.78 is 0. The van der Waals surface area contributed by atoms with E-state index in [1.165, 1.54) is 4.88 Å². The molecule has 3 N–H and O–H groups in total. The normalized spacial score (nSPS) is 12.1. The maximum Gasteiger partial charge on any atom is 0.139 e. The van der Waals surface area contributed by atoms with E-state index in [1.807, 2.05) is 24.1 Å². The van der Waals surface area contributed by atoms with Crippen LogP contribution in [-0.2, 0) is 0 Å². The molecule has 0 aromatic carbocycles. The zero-order chi connectivity index (χ0) is 13.1. The fourth-order valence-corrected chi connectivity index (χ4v) is 2.62. The first kappa shape index (κ1) is 12.6. The zero-order valence-corrected chi connectivity index (χ0v) is 11.2. The molecule has 0 aliphatic rings. The van der Waals surface area contributed by atoms with Crippen LogP contribution in [0, 0.1) is 5.41 Å². The van der Waals surface area contributed by atoms with Gasteiger partial charge in [0.1, 0.15) is 11.7 Å². The molecule has 0 amide bonds. The van der Waals surface area contributed by atoms with Crippen LogP contribution in [0.25, 0.3) is 0 Å². The predicted octanol–water partition coefficient (Wildman–Crippen LogP) is 2.62. The molecular formula is C13H16N4S. The van der Waals surface area contributed by atoms with Crippen molar-refractivity contribution in [2.45, 2.75) is 13.0 Å². The molecule has 2 aromatic rings. The Morgan fingerprint density at radius 3 is 2.83 bits per heavy atom. The number of amidine groups is 1. The van der Waals surface area contributed by atoms with Crippen molar-refractivity contribution in [3.8, 4) is 0 Å². The van der Waals surface area contributed by atoms with Gasteiger partial charge in [-0.05, 0) is 30.5 Å². The molecule has 4 nitrogen and oxygen atoms in total. The molecule has 0 saturated carbocycles. The quantitative estimate of drug-likeness (QED) is 0.656. The maximum atomic E-state index is 7.60. The fraction of sp³-hybridized carbons (Fsp3) is 0.231. The van der Waals surface area contributed by atoms with Crippen LogP contribution in [0.3, 0.4) is 0 Å². The first-order valence-electron chi connectivity index (χ1n) is 5.67. The lowest BCUT2D eigenvalue weighted by Gasteiger charge is -2.26. The summed E-state index contributed by atoms with van der Waals surface area (Å²) in [6.45, 7) is 2.12. The summed E-state index contributed by atoms with van der Waals surface area (Å²) >= 11 is 1.71. The summed E-state index contributed by atoms with van der Waals surface area (Å²) in [6, 6.07) is 7.96. The van der Waals surface area contributed by atoms with E-state index in [-0.39, 0.29) is 11.9 Å². The monoisotopic (exact) mass is 260 g/mol. The number of anilines is 1. The third-order valence-corrected chi connectivity index (χ3v) is 3.99. The molecule has 5 heteroatoms. The number of pyridine rings is 1. The van der Waals surface area contributed by atoms with Crippen molar-refractivity contribution in [2.24, 2.45) is 5.73 Å². The molecule has 2 aromatic heterocycles.